The van der Waals surface area contributed by atoms with Gasteiger partial charge in [-0.1, -0.05) is 35.5 Å². The first-order valence-electron chi connectivity index (χ1n) is 9.47. The number of amides is 1. The first kappa shape index (κ1) is 18.2. The van der Waals surface area contributed by atoms with Crippen LogP contribution >= 0.6 is 0 Å². The molecule has 0 spiro atoms. The van der Waals surface area contributed by atoms with Crippen LogP contribution in [0.25, 0.3) is 11.3 Å². The second-order valence-corrected chi connectivity index (χ2v) is 7.43. The molecule has 1 aromatic heterocycles. The molecular weight excluding hydrogens is 346 g/mol. The fraction of sp³-hybridized carbons (Fsp3) is 0.500. The summed E-state index contributed by atoms with van der Waals surface area (Å²) in [5.41, 5.74) is 0.0516. The Morgan fingerprint density at radius 1 is 1.19 bits per heavy atom. The van der Waals surface area contributed by atoms with Crippen LogP contribution in [0.3, 0.4) is 0 Å². The van der Waals surface area contributed by atoms with Crippen LogP contribution in [-0.2, 0) is 4.74 Å². The maximum Gasteiger partial charge on any atom is 0.276 e. The predicted molar refractivity (Wildman–Crippen MR) is 99.3 cm³/mol. The van der Waals surface area contributed by atoms with E-state index in [1.807, 2.05) is 30.3 Å². The van der Waals surface area contributed by atoms with E-state index in [1.54, 1.807) is 11.0 Å². The third kappa shape index (κ3) is 4.21. The van der Waals surface area contributed by atoms with Crippen molar-refractivity contribution in [3.63, 3.8) is 0 Å². The maximum atomic E-state index is 12.9. The lowest BCUT2D eigenvalue weighted by Crippen LogP contribution is -2.53. The van der Waals surface area contributed by atoms with Crippen molar-refractivity contribution in [1.82, 2.24) is 15.0 Å². The molecule has 2 aliphatic rings. The Morgan fingerprint density at radius 3 is 2.74 bits per heavy atom. The maximum absolute atomic E-state index is 12.9. The molecule has 144 valence electrons. The van der Waals surface area contributed by atoms with Gasteiger partial charge in [-0.05, 0) is 25.9 Å². The number of rotatable bonds is 4. The van der Waals surface area contributed by atoms with Gasteiger partial charge in [0.2, 0.25) is 0 Å². The summed E-state index contributed by atoms with van der Waals surface area (Å²) >= 11 is 0. The van der Waals surface area contributed by atoms with Crippen LogP contribution in [0.2, 0.25) is 0 Å². The van der Waals surface area contributed by atoms with Crippen molar-refractivity contribution in [2.24, 2.45) is 0 Å². The molecule has 0 aliphatic carbocycles. The summed E-state index contributed by atoms with van der Waals surface area (Å²) in [5.74, 6) is 0.309. The minimum Gasteiger partial charge on any atom is -0.384 e. The molecule has 1 aromatic carbocycles. The highest BCUT2D eigenvalue weighted by Crippen LogP contribution is 2.22. The van der Waals surface area contributed by atoms with Gasteiger partial charge in [0.1, 0.15) is 5.60 Å². The van der Waals surface area contributed by atoms with Gasteiger partial charge in [-0.15, -0.1) is 0 Å². The normalized spacial score (nSPS) is 24.1. The Hall–Kier alpha value is -2.22. The molecule has 1 atom stereocenters. The summed E-state index contributed by atoms with van der Waals surface area (Å²) in [6.45, 7) is 3.79. The molecule has 0 bridgehead atoms. The van der Waals surface area contributed by atoms with Crippen LogP contribution in [0.4, 0.5) is 0 Å². The van der Waals surface area contributed by atoms with Gasteiger partial charge >= 0.3 is 0 Å². The number of β-amino-alcohol motifs (C(OH)–C–C–N with tert-alkyl or cyclic N) is 1. The Balaban J connectivity index is 1.48. The van der Waals surface area contributed by atoms with Gasteiger partial charge in [0.15, 0.2) is 11.5 Å². The van der Waals surface area contributed by atoms with E-state index in [1.165, 1.54) is 0 Å². The first-order chi connectivity index (χ1) is 13.1. The Kier molecular flexibility index (Phi) is 5.24. The quantitative estimate of drug-likeness (QED) is 0.880. The third-order valence-electron chi connectivity index (χ3n) is 5.15. The lowest BCUT2D eigenvalue weighted by atomic mass is 10.0. The molecule has 2 saturated heterocycles. The topological polar surface area (TPSA) is 79.0 Å². The van der Waals surface area contributed by atoms with Crippen LogP contribution in [0.5, 0.6) is 0 Å². The Bertz CT molecular complexity index is 773. The smallest absolute Gasteiger partial charge is 0.276 e. The van der Waals surface area contributed by atoms with E-state index in [2.05, 4.69) is 10.1 Å². The summed E-state index contributed by atoms with van der Waals surface area (Å²) in [6.07, 6.45) is 2.31. The summed E-state index contributed by atoms with van der Waals surface area (Å²) in [7, 11) is 0. The Labute approximate surface area is 158 Å². The van der Waals surface area contributed by atoms with Crippen molar-refractivity contribution in [2.75, 3.05) is 45.9 Å². The fourth-order valence-corrected chi connectivity index (χ4v) is 3.82. The highest BCUT2D eigenvalue weighted by atomic mass is 16.5. The van der Waals surface area contributed by atoms with Gasteiger partial charge in [0.05, 0.1) is 19.8 Å². The van der Waals surface area contributed by atoms with Crippen molar-refractivity contribution in [2.45, 2.75) is 18.4 Å². The molecule has 7 heteroatoms. The number of hydrogen-bond acceptors (Lipinski definition) is 6. The van der Waals surface area contributed by atoms with Crippen LogP contribution in [0.1, 0.15) is 23.3 Å². The van der Waals surface area contributed by atoms with Crippen molar-refractivity contribution in [3.8, 4) is 11.3 Å². The number of carbonyl (C=O) groups excluding carboxylic acids is 1. The number of likely N-dealkylation sites (tertiary alicyclic amines) is 1. The van der Waals surface area contributed by atoms with E-state index in [0.29, 0.717) is 25.5 Å². The molecular formula is C20H25N3O4. The number of aliphatic hydroxyl groups is 1. The number of benzene rings is 1. The number of hydrogen-bond donors (Lipinski definition) is 1. The number of aromatic nitrogens is 1. The molecule has 7 nitrogen and oxygen atoms in total. The fourth-order valence-electron chi connectivity index (χ4n) is 3.82. The number of ether oxygens (including phenoxy) is 1. The monoisotopic (exact) mass is 371 g/mol. The average molecular weight is 371 g/mol. The van der Waals surface area contributed by atoms with Crippen molar-refractivity contribution >= 4 is 5.91 Å². The van der Waals surface area contributed by atoms with Crippen LogP contribution < -0.4 is 0 Å². The van der Waals surface area contributed by atoms with Gasteiger partial charge in [-0.2, -0.15) is 0 Å². The van der Waals surface area contributed by atoms with Crippen molar-refractivity contribution in [3.05, 3.63) is 42.1 Å². The Morgan fingerprint density at radius 2 is 1.96 bits per heavy atom. The largest absolute Gasteiger partial charge is 0.384 e. The summed E-state index contributed by atoms with van der Waals surface area (Å²) in [4.78, 5) is 16.8. The average Bonchev–Trinajstić information content (AvgIpc) is 3.33. The summed E-state index contributed by atoms with van der Waals surface area (Å²) in [6, 6.07) is 11.2. The van der Waals surface area contributed by atoms with E-state index >= 15 is 0 Å². The molecule has 27 heavy (non-hydrogen) atoms. The lowest BCUT2D eigenvalue weighted by molar-refractivity contribution is -0.0524. The molecule has 4 rings (SSSR count). The van der Waals surface area contributed by atoms with Crippen molar-refractivity contribution in [1.29, 1.82) is 0 Å². The number of carbonyl (C=O) groups is 1. The highest BCUT2D eigenvalue weighted by molar-refractivity contribution is 5.93. The van der Waals surface area contributed by atoms with Crippen LogP contribution in [0.15, 0.2) is 40.9 Å². The zero-order valence-electron chi connectivity index (χ0n) is 15.3. The highest BCUT2D eigenvalue weighted by Gasteiger charge is 2.37. The third-order valence-corrected chi connectivity index (χ3v) is 5.15. The summed E-state index contributed by atoms with van der Waals surface area (Å²) in [5, 5.41) is 15.0. The van der Waals surface area contributed by atoms with Crippen LogP contribution in [-0.4, -0.2) is 77.5 Å². The van der Waals surface area contributed by atoms with E-state index < -0.39 is 5.60 Å². The van der Waals surface area contributed by atoms with Crippen molar-refractivity contribution < 1.29 is 19.2 Å². The van der Waals surface area contributed by atoms with E-state index in [-0.39, 0.29) is 24.8 Å². The van der Waals surface area contributed by atoms with Gasteiger partial charge < -0.3 is 24.2 Å². The molecule has 1 N–H and O–H groups in total. The predicted octanol–water partition coefficient (Wildman–Crippen LogP) is 1.64. The minimum absolute atomic E-state index is 0.232. The summed E-state index contributed by atoms with van der Waals surface area (Å²) < 4.78 is 11.0. The molecule has 0 radical (unpaired) electrons. The van der Waals surface area contributed by atoms with Crippen LogP contribution in [0, 0.1) is 0 Å². The van der Waals surface area contributed by atoms with E-state index in [0.717, 1.165) is 31.5 Å². The standard InChI is InChI=1S/C20H25N3O4/c24-19(17-12-18(27-21-17)16-6-2-1-3-7-16)23-10-11-26-15-20(25,14-23)13-22-8-4-5-9-22/h1-3,6-7,12,25H,4-5,8-11,13-15H2/t20-/m0/s1. The molecule has 3 heterocycles. The van der Waals surface area contributed by atoms with Gasteiger partial charge in [0.25, 0.3) is 5.91 Å². The van der Waals surface area contributed by atoms with Gasteiger partial charge in [0, 0.05) is 24.7 Å². The molecule has 0 saturated carbocycles. The van der Waals surface area contributed by atoms with Gasteiger partial charge in [-0.25, -0.2) is 0 Å². The van der Waals surface area contributed by atoms with E-state index in [4.69, 9.17) is 9.26 Å². The first-order valence-corrected chi connectivity index (χ1v) is 9.47. The second kappa shape index (κ2) is 7.80. The molecule has 1 amide bonds. The molecule has 2 aromatic rings. The zero-order valence-corrected chi connectivity index (χ0v) is 15.3. The van der Waals surface area contributed by atoms with E-state index in [9.17, 15) is 9.90 Å². The SMILES string of the molecule is O=C(c1cc(-c2ccccc2)on1)N1CCOC[C@](O)(CN2CCCC2)C1. The second-order valence-electron chi connectivity index (χ2n) is 7.43. The molecule has 2 fully saturated rings. The van der Waals surface area contributed by atoms with Gasteiger partial charge in [-0.3, -0.25) is 4.79 Å². The molecule has 2 aliphatic heterocycles. The zero-order chi connectivity index (χ0) is 18.7. The molecule has 0 unspecified atom stereocenters. The lowest BCUT2D eigenvalue weighted by Gasteiger charge is -2.33. The minimum atomic E-state index is -1.07. The number of nitrogens with zero attached hydrogens (tertiary/aromatic N) is 3.